The SMILES string of the molecule is CC1(C(=O)N2CC[C@H]3CN(c4ccc(C#N)c(C(F)(F)F)c4)C[C@@]3(COCC3CC3)C2)CC1. The summed E-state index contributed by atoms with van der Waals surface area (Å²) in [7, 11) is 0. The van der Waals surface area contributed by atoms with Gasteiger partial charge >= 0.3 is 6.18 Å². The van der Waals surface area contributed by atoms with E-state index in [9.17, 15) is 18.0 Å². The number of carbonyl (C=O) groups is 1. The number of benzene rings is 1. The molecule has 2 aliphatic carbocycles. The number of rotatable bonds is 6. The first-order valence-electron chi connectivity index (χ1n) is 11.9. The Morgan fingerprint density at radius 3 is 2.64 bits per heavy atom. The summed E-state index contributed by atoms with van der Waals surface area (Å²) in [6, 6.07) is 5.63. The van der Waals surface area contributed by atoms with E-state index >= 15 is 0 Å². The van der Waals surface area contributed by atoms with E-state index in [1.807, 2.05) is 16.7 Å². The van der Waals surface area contributed by atoms with Crippen LogP contribution in [0.2, 0.25) is 0 Å². The molecule has 33 heavy (non-hydrogen) atoms. The number of carbonyl (C=O) groups excluding carboxylic acids is 1. The highest BCUT2D eigenvalue weighted by molar-refractivity contribution is 5.85. The van der Waals surface area contributed by atoms with Gasteiger partial charge in [-0.2, -0.15) is 18.4 Å². The van der Waals surface area contributed by atoms with Gasteiger partial charge in [0.2, 0.25) is 5.91 Å². The Bertz CT molecular complexity index is 980. The van der Waals surface area contributed by atoms with Crippen molar-refractivity contribution >= 4 is 11.6 Å². The van der Waals surface area contributed by atoms with Gasteiger partial charge in [-0.05, 0) is 62.1 Å². The predicted octanol–water partition coefficient (Wildman–Crippen LogP) is 4.46. The molecule has 178 valence electrons. The number of ether oxygens (including phenoxy) is 1. The van der Waals surface area contributed by atoms with Gasteiger partial charge in [0, 0.05) is 49.3 Å². The second kappa shape index (κ2) is 7.90. The molecule has 0 N–H and O–H groups in total. The summed E-state index contributed by atoms with van der Waals surface area (Å²) in [6.45, 7) is 5.73. The van der Waals surface area contributed by atoms with Crippen molar-refractivity contribution in [3.8, 4) is 6.07 Å². The molecule has 1 aromatic carbocycles. The summed E-state index contributed by atoms with van der Waals surface area (Å²) in [4.78, 5) is 17.1. The van der Waals surface area contributed by atoms with Gasteiger partial charge in [-0.1, -0.05) is 6.92 Å². The van der Waals surface area contributed by atoms with Crippen molar-refractivity contribution in [3.05, 3.63) is 29.3 Å². The van der Waals surface area contributed by atoms with Gasteiger partial charge in [-0.3, -0.25) is 4.79 Å². The van der Waals surface area contributed by atoms with E-state index in [0.717, 1.165) is 31.9 Å². The van der Waals surface area contributed by atoms with E-state index in [2.05, 4.69) is 0 Å². The fourth-order valence-electron chi connectivity index (χ4n) is 5.52. The smallest absolute Gasteiger partial charge is 0.380 e. The van der Waals surface area contributed by atoms with Gasteiger partial charge in [0.25, 0.3) is 0 Å². The standard InChI is InChI=1S/C25H30F3N3O2/c1-23(7-8-23)22(32)30-9-6-19-12-31(15-24(19,14-30)16-33-13-17-2-3-17)20-5-4-18(11-29)21(10-20)25(26,27)28/h4-5,10,17,19H,2-3,6-9,12-16H2,1H3/t19-,24+/m0/s1. The Labute approximate surface area is 192 Å². The number of halogens is 3. The summed E-state index contributed by atoms with van der Waals surface area (Å²) >= 11 is 0. The molecule has 4 aliphatic rings. The first-order chi connectivity index (χ1) is 15.6. The van der Waals surface area contributed by atoms with Gasteiger partial charge in [0.1, 0.15) is 0 Å². The molecule has 0 radical (unpaired) electrons. The van der Waals surface area contributed by atoms with Crippen LogP contribution in [-0.4, -0.2) is 50.2 Å². The summed E-state index contributed by atoms with van der Waals surface area (Å²) < 4.78 is 46.8. The van der Waals surface area contributed by atoms with Crippen LogP contribution in [0, 0.1) is 34.0 Å². The molecule has 0 spiro atoms. The summed E-state index contributed by atoms with van der Waals surface area (Å²) in [6.07, 6.45) is 0.478. The van der Waals surface area contributed by atoms with E-state index in [1.54, 1.807) is 12.1 Å². The van der Waals surface area contributed by atoms with Gasteiger partial charge in [0.05, 0.1) is 23.8 Å². The molecule has 1 amide bonds. The minimum Gasteiger partial charge on any atom is -0.380 e. The number of piperidine rings is 1. The van der Waals surface area contributed by atoms with E-state index in [1.165, 1.54) is 18.9 Å². The van der Waals surface area contributed by atoms with Gasteiger partial charge in [-0.25, -0.2) is 0 Å². The van der Waals surface area contributed by atoms with Gasteiger partial charge < -0.3 is 14.5 Å². The molecule has 0 unspecified atom stereocenters. The van der Waals surface area contributed by atoms with E-state index in [4.69, 9.17) is 10.00 Å². The van der Waals surface area contributed by atoms with Crippen molar-refractivity contribution in [2.75, 3.05) is 44.3 Å². The van der Waals surface area contributed by atoms with Crippen LogP contribution in [0.3, 0.4) is 0 Å². The van der Waals surface area contributed by atoms with E-state index < -0.39 is 11.7 Å². The van der Waals surface area contributed by atoms with Crippen LogP contribution in [0.15, 0.2) is 18.2 Å². The van der Waals surface area contributed by atoms with Crippen molar-refractivity contribution in [3.63, 3.8) is 0 Å². The normalized spacial score (nSPS) is 28.4. The van der Waals surface area contributed by atoms with Crippen LogP contribution >= 0.6 is 0 Å². The van der Waals surface area contributed by atoms with E-state index in [0.29, 0.717) is 44.4 Å². The molecular formula is C25H30F3N3O2. The van der Waals surface area contributed by atoms with Crippen molar-refractivity contribution in [2.24, 2.45) is 22.7 Å². The van der Waals surface area contributed by atoms with Crippen LogP contribution in [0.1, 0.15) is 50.2 Å². The highest BCUT2D eigenvalue weighted by Crippen LogP contribution is 2.50. The number of hydrogen-bond donors (Lipinski definition) is 0. The molecule has 8 heteroatoms. The van der Waals surface area contributed by atoms with Crippen molar-refractivity contribution in [1.82, 2.24) is 4.90 Å². The van der Waals surface area contributed by atoms with Crippen LogP contribution in [0.4, 0.5) is 18.9 Å². The topological polar surface area (TPSA) is 56.6 Å². The lowest BCUT2D eigenvalue weighted by molar-refractivity contribution is -0.142. The Kier molecular flexibility index (Phi) is 5.39. The second-order valence-electron chi connectivity index (χ2n) is 10.8. The highest BCUT2D eigenvalue weighted by Gasteiger charge is 2.54. The number of amides is 1. The first-order valence-corrected chi connectivity index (χ1v) is 11.9. The Morgan fingerprint density at radius 2 is 2.00 bits per heavy atom. The molecule has 5 nitrogen and oxygen atoms in total. The predicted molar refractivity (Wildman–Crippen MR) is 116 cm³/mol. The largest absolute Gasteiger partial charge is 0.417 e. The van der Waals surface area contributed by atoms with Crippen LogP contribution in [0.5, 0.6) is 0 Å². The highest BCUT2D eigenvalue weighted by atomic mass is 19.4. The molecule has 0 aromatic heterocycles. The third-order valence-corrected chi connectivity index (χ3v) is 8.10. The zero-order chi connectivity index (χ0) is 23.4. The van der Waals surface area contributed by atoms with Crippen molar-refractivity contribution in [1.29, 1.82) is 5.26 Å². The maximum atomic E-state index is 13.5. The zero-order valence-electron chi connectivity index (χ0n) is 19.0. The third kappa shape index (κ3) is 4.32. The molecule has 2 saturated heterocycles. The molecule has 0 bridgehead atoms. The summed E-state index contributed by atoms with van der Waals surface area (Å²) in [5, 5.41) is 9.13. The molecule has 4 fully saturated rings. The quantitative estimate of drug-likeness (QED) is 0.628. The van der Waals surface area contributed by atoms with Gasteiger partial charge in [0.15, 0.2) is 0 Å². The third-order valence-electron chi connectivity index (χ3n) is 8.10. The maximum absolute atomic E-state index is 13.5. The summed E-state index contributed by atoms with van der Waals surface area (Å²) in [5.41, 5.74) is -1.31. The van der Waals surface area contributed by atoms with Crippen molar-refractivity contribution in [2.45, 2.75) is 45.2 Å². The number of nitrogens with zero attached hydrogens (tertiary/aromatic N) is 3. The monoisotopic (exact) mass is 461 g/mol. The van der Waals surface area contributed by atoms with Crippen LogP contribution < -0.4 is 4.90 Å². The number of fused-ring (bicyclic) bond motifs is 1. The van der Waals surface area contributed by atoms with Crippen LogP contribution in [-0.2, 0) is 15.7 Å². The fraction of sp³-hybridized carbons (Fsp3) is 0.680. The van der Waals surface area contributed by atoms with E-state index in [-0.39, 0.29) is 28.2 Å². The number of nitriles is 1. The first kappa shape index (κ1) is 22.5. The molecule has 2 atom stereocenters. The Morgan fingerprint density at radius 1 is 1.24 bits per heavy atom. The Balaban J connectivity index is 1.40. The fourth-order valence-corrected chi connectivity index (χ4v) is 5.52. The molecule has 2 aliphatic heterocycles. The number of alkyl halides is 3. The Hall–Kier alpha value is -2.27. The zero-order valence-corrected chi connectivity index (χ0v) is 19.0. The van der Waals surface area contributed by atoms with Crippen molar-refractivity contribution < 1.29 is 22.7 Å². The lowest BCUT2D eigenvalue weighted by atomic mass is 9.73. The average molecular weight is 462 g/mol. The number of hydrogen-bond acceptors (Lipinski definition) is 4. The number of likely N-dealkylation sites (tertiary alicyclic amines) is 1. The van der Waals surface area contributed by atoms with Crippen LogP contribution in [0.25, 0.3) is 0 Å². The number of anilines is 1. The van der Waals surface area contributed by atoms with Gasteiger partial charge in [-0.15, -0.1) is 0 Å². The molecule has 2 saturated carbocycles. The molecular weight excluding hydrogens is 431 g/mol. The average Bonchev–Trinajstić information content (AvgIpc) is 3.71. The second-order valence-corrected chi connectivity index (χ2v) is 10.8. The molecule has 5 rings (SSSR count). The minimum absolute atomic E-state index is 0.207. The lowest BCUT2D eigenvalue weighted by Gasteiger charge is -2.44. The molecule has 1 aromatic rings. The maximum Gasteiger partial charge on any atom is 0.417 e. The summed E-state index contributed by atoms with van der Waals surface area (Å²) in [5.74, 6) is 1.08. The minimum atomic E-state index is -4.58. The molecule has 2 heterocycles. The lowest BCUT2D eigenvalue weighted by Crippen LogP contribution is -2.54.